The fraction of sp³-hybridized carbons (Fsp3) is 0.536. The van der Waals surface area contributed by atoms with Crippen molar-refractivity contribution in [2.45, 2.75) is 75.6 Å². The van der Waals surface area contributed by atoms with E-state index in [-0.39, 0.29) is 17.2 Å². The van der Waals surface area contributed by atoms with E-state index in [1.54, 1.807) is 36.9 Å². The Labute approximate surface area is 245 Å². The van der Waals surface area contributed by atoms with E-state index < -0.39 is 16.1 Å². The van der Waals surface area contributed by atoms with Gasteiger partial charge in [-0.2, -0.15) is 0 Å². The summed E-state index contributed by atoms with van der Waals surface area (Å²) in [5.74, 6) is 0.0907. The summed E-state index contributed by atoms with van der Waals surface area (Å²) in [6, 6.07) is 3.23. The lowest BCUT2D eigenvalue weighted by molar-refractivity contribution is 0.0915. The minimum atomic E-state index is -3.49. The molecule has 0 aromatic carbocycles. The van der Waals surface area contributed by atoms with Gasteiger partial charge in [0.1, 0.15) is 5.69 Å². The molecule has 5 rings (SSSR count). The predicted octanol–water partition coefficient (Wildman–Crippen LogP) is 4.42. The van der Waals surface area contributed by atoms with Gasteiger partial charge in [-0.3, -0.25) is 19.5 Å². The molecule has 1 amide bonds. The number of sulfonamides is 1. The van der Waals surface area contributed by atoms with Gasteiger partial charge < -0.3 is 15.0 Å². The molecule has 4 heterocycles. The van der Waals surface area contributed by atoms with Crippen molar-refractivity contribution in [3.63, 3.8) is 0 Å². The summed E-state index contributed by atoms with van der Waals surface area (Å²) in [7, 11) is -1.39. The number of piperidine rings is 1. The zero-order valence-corrected chi connectivity index (χ0v) is 25.1. The number of thiazole rings is 1. The molecule has 2 fully saturated rings. The standard InChI is InChI=1S/C28H37N7O4S2/c1-3-39-26-18-29-16-24(32-26)25-17-31-28(40-25)27(36)33-23(15-20-8-6-7-13-35(20)2)22-14-19(11-12-30-22)34-41(37,38)21-9-4-5-10-21/h11-12,14,16-18,20-21,23H,3-10,13,15H2,1-2H3,(H,30,34)(H,33,36)/t20-,23-/m0/s1. The van der Waals surface area contributed by atoms with Gasteiger partial charge in [0.2, 0.25) is 15.9 Å². The number of nitrogens with one attached hydrogen (secondary N) is 2. The maximum absolute atomic E-state index is 13.5. The topological polar surface area (TPSA) is 139 Å². The Kier molecular flexibility index (Phi) is 9.46. The van der Waals surface area contributed by atoms with Gasteiger partial charge in [-0.15, -0.1) is 11.3 Å². The summed E-state index contributed by atoms with van der Waals surface area (Å²) in [5.41, 5.74) is 1.65. The summed E-state index contributed by atoms with van der Waals surface area (Å²) in [4.78, 5) is 34.1. The van der Waals surface area contributed by atoms with Crippen LogP contribution in [0.15, 0.2) is 36.9 Å². The predicted molar refractivity (Wildman–Crippen MR) is 158 cm³/mol. The summed E-state index contributed by atoms with van der Waals surface area (Å²) < 4.78 is 34.1. The van der Waals surface area contributed by atoms with Crippen molar-refractivity contribution in [2.75, 3.05) is 24.9 Å². The van der Waals surface area contributed by atoms with Crippen molar-refractivity contribution >= 4 is 33.0 Å². The molecule has 1 aliphatic carbocycles. The Balaban J connectivity index is 1.36. The highest BCUT2D eigenvalue weighted by Crippen LogP contribution is 2.30. The third-order valence-electron chi connectivity index (χ3n) is 7.73. The highest BCUT2D eigenvalue weighted by atomic mass is 32.2. The van der Waals surface area contributed by atoms with Crippen molar-refractivity contribution in [3.05, 3.63) is 47.6 Å². The molecule has 41 heavy (non-hydrogen) atoms. The Morgan fingerprint density at radius 3 is 2.73 bits per heavy atom. The Hall–Kier alpha value is -3.16. The summed E-state index contributed by atoms with van der Waals surface area (Å²) in [6.07, 6.45) is 13.5. The van der Waals surface area contributed by atoms with Gasteiger partial charge in [-0.25, -0.2) is 18.4 Å². The number of carbonyl (C=O) groups excluding carboxylic acids is 1. The van der Waals surface area contributed by atoms with Crippen molar-refractivity contribution in [2.24, 2.45) is 0 Å². The molecule has 220 valence electrons. The van der Waals surface area contributed by atoms with Gasteiger partial charge in [-0.05, 0) is 64.8 Å². The molecule has 2 N–H and O–H groups in total. The monoisotopic (exact) mass is 599 g/mol. The normalized spacial score (nSPS) is 19.1. The summed E-state index contributed by atoms with van der Waals surface area (Å²) in [6.45, 7) is 3.35. The maximum Gasteiger partial charge on any atom is 0.280 e. The van der Waals surface area contributed by atoms with E-state index in [2.05, 4.69) is 41.9 Å². The van der Waals surface area contributed by atoms with Gasteiger partial charge in [0.25, 0.3) is 5.91 Å². The Bertz CT molecular complexity index is 1440. The van der Waals surface area contributed by atoms with Gasteiger partial charge in [0, 0.05) is 18.4 Å². The lowest BCUT2D eigenvalue weighted by atomic mass is 9.94. The number of hydrogen-bond donors (Lipinski definition) is 2. The van der Waals surface area contributed by atoms with Crippen LogP contribution in [0.4, 0.5) is 5.69 Å². The fourth-order valence-electron chi connectivity index (χ4n) is 5.52. The quantitative estimate of drug-likeness (QED) is 0.328. The first-order valence-electron chi connectivity index (χ1n) is 14.2. The first-order chi connectivity index (χ1) is 19.8. The average molecular weight is 600 g/mol. The molecule has 0 radical (unpaired) electrons. The Morgan fingerprint density at radius 1 is 1.15 bits per heavy atom. The highest BCUT2D eigenvalue weighted by Gasteiger charge is 2.30. The molecule has 1 saturated carbocycles. The molecule has 0 unspecified atom stereocenters. The minimum Gasteiger partial charge on any atom is -0.477 e. The number of pyridine rings is 1. The molecule has 13 heteroatoms. The first-order valence-corrected chi connectivity index (χ1v) is 16.6. The number of hydrogen-bond acceptors (Lipinski definition) is 10. The van der Waals surface area contributed by atoms with E-state index in [0.29, 0.717) is 58.7 Å². The second kappa shape index (κ2) is 13.2. The molecule has 3 aromatic rings. The van der Waals surface area contributed by atoms with Crippen LogP contribution in [0.25, 0.3) is 10.6 Å². The van der Waals surface area contributed by atoms with Crippen molar-refractivity contribution in [3.8, 4) is 16.5 Å². The number of amides is 1. The van der Waals surface area contributed by atoms with Crippen molar-refractivity contribution < 1.29 is 17.9 Å². The lowest BCUT2D eigenvalue weighted by Crippen LogP contribution is -2.40. The van der Waals surface area contributed by atoms with Crippen molar-refractivity contribution in [1.29, 1.82) is 0 Å². The smallest absolute Gasteiger partial charge is 0.280 e. The number of likely N-dealkylation sites (tertiary alicyclic amines) is 1. The van der Waals surface area contributed by atoms with Gasteiger partial charge in [-0.1, -0.05) is 19.3 Å². The maximum atomic E-state index is 13.5. The van der Waals surface area contributed by atoms with Crippen LogP contribution in [-0.4, -0.2) is 70.7 Å². The molecule has 0 spiro atoms. The number of aromatic nitrogens is 4. The van der Waals surface area contributed by atoms with Crippen LogP contribution in [-0.2, 0) is 10.0 Å². The average Bonchev–Trinajstić information content (AvgIpc) is 3.68. The second-order valence-corrected chi connectivity index (χ2v) is 13.6. The van der Waals surface area contributed by atoms with Gasteiger partial charge >= 0.3 is 0 Å². The van der Waals surface area contributed by atoms with Crippen LogP contribution in [0.3, 0.4) is 0 Å². The lowest BCUT2D eigenvalue weighted by Gasteiger charge is -2.35. The zero-order valence-electron chi connectivity index (χ0n) is 23.5. The van der Waals surface area contributed by atoms with Gasteiger partial charge in [0.15, 0.2) is 5.01 Å². The zero-order chi connectivity index (χ0) is 28.8. The van der Waals surface area contributed by atoms with Crippen LogP contribution in [0.5, 0.6) is 5.88 Å². The van der Waals surface area contributed by atoms with E-state index >= 15 is 0 Å². The number of carbonyl (C=O) groups is 1. The van der Waals surface area contributed by atoms with Crippen LogP contribution in [0.1, 0.15) is 79.8 Å². The number of rotatable bonds is 11. The van der Waals surface area contributed by atoms with Crippen LogP contribution >= 0.6 is 11.3 Å². The van der Waals surface area contributed by atoms with Crippen molar-refractivity contribution in [1.82, 2.24) is 30.2 Å². The summed E-state index contributed by atoms with van der Waals surface area (Å²) in [5, 5.41) is 3.06. The summed E-state index contributed by atoms with van der Waals surface area (Å²) >= 11 is 1.23. The molecule has 11 nitrogen and oxygen atoms in total. The SMILES string of the molecule is CCOc1cncc(-c2cnc(C(=O)N[C@@H](C[C@@H]3CCCCN3C)c3cc(NS(=O)(=O)C4CCCC4)ccn3)s2)n1. The fourth-order valence-corrected chi connectivity index (χ4v) is 7.87. The molecule has 2 aliphatic rings. The van der Waals surface area contributed by atoms with E-state index in [4.69, 9.17) is 4.74 Å². The number of ether oxygens (including phenoxy) is 1. The molecular formula is C28H37N7O4S2. The molecular weight excluding hydrogens is 562 g/mol. The molecule has 0 bridgehead atoms. The van der Waals surface area contributed by atoms with E-state index in [9.17, 15) is 13.2 Å². The van der Waals surface area contributed by atoms with Gasteiger partial charge in [0.05, 0.1) is 46.6 Å². The Morgan fingerprint density at radius 2 is 1.95 bits per heavy atom. The molecule has 2 atom stereocenters. The largest absolute Gasteiger partial charge is 0.477 e. The third-order valence-corrected chi connectivity index (χ3v) is 10.6. The number of nitrogens with zero attached hydrogens (tertiary/aromatic N) is 5. The minimum absolute atomic E-state index is 0.262. The second-order valence-electron chi connectivity index (χ2n) is 10.6. The highest BCUT2D eigenvalue weighted by molar-refractivity contribution is 7.93. The van der Waals surface area contributed by atoms with E-state index in [0.717, 1.165) is 38.6 Å². The van der Waals surface area contributed by atoms with E-state index in [1.165, 1.54) is 11.3 Å². The molecule has 3 aromatic heterocycles. The van der Waals surface area contributed by atoms with E-state index in [1.807, 2.05) is 6.92 Å². The number of anilines is 1. The molecule has 1 aliphatic heterocycles. The van der Waals surface area contributed by atoms with Crippen LogP contribution in [0, 0.1) is 0 Å². The first kappa shape index (κ1) is 29.3. The van der Waals surface area contributed by atoms with Crippen LogP contribution < -0.4 is 14.8 Å². The third kappa shape index (κ3) is 7.38. The molecule has 1 saturated heterocycles. The van der Waals surface area contributed by atoms with Crippen LogP contribution in [0.2, 0.25) is 0 Å².